The van der Waals surface area contributed by atoms with Gasteiger partial charge in [0.1, 0.15) is 12.4 Å². The molecule has 4 heteroatoms. The van der Waals surface area contributed by atoms with Gasteiger partial charge in [-0.2, -0.15) is 0 Å². The molecule has 0 saturated heterocycles. The maximum Gasteiger partial charge on any atom is 0.139 e. The van der Waals surface area contributed by atoms with E-state index < -0.39 is 0 Å². The van der Waals surface area contributed by atoms with Crippen LogP contribution < -0.4 is 5.73 Å². The molecule has 0 aromatic heterocycles. The molecule has 26 heavy (non-hydrogen) atoms. The first-order chi connectivity index (χ1) is 12.4. The minimum absolute atomic E-state index is 0.0536. The molecule has 0 heterocycles. The Labute approximate surface area is 157 Å². The second-order valence-corrected chi connectivity index (χ2v) is 9.70. The fraction of sp³-hybridized carbons (Fsp3) is 0.818. The summed E-state index contributed by atoms with van der Waals surface area (Å²) in [4.78, 5) is 17.9. The topological polar surface area (TPSA) is 64.7 Å². The van der Waals surface area contributed by atoms with E-state index in [4.69, 9.17) is 10.6 Å². The van der Waals surface area contributed by atoms with E-state index in [1.54, 1.807) is 0 Å². The number of Topliss-reactive ketones (excluding diaryl/α,β-unsaturated/α-hetero) is 1. The highest BCUT2D eigenvalue weighted by Crippen LogP contribution is 2.66. The molecular weight excluding hydrogens is 324 g/mol. The highest BCUT2D eigenvalue weighted by molar-refractivity contribution is 5.87. The van der Waals surface area contributed by atoms with E-state index in [-0.39, 0.29) is 5.41 Å². The number of hydrogen-bond acceptors (Lipinski definition) is 4. The summed E-state index contributed by atoms with van der Waals surface area (Å²) in [7, 11) is 0. The zero-order chi connectivity index (χ0) is 18.5. The number of nitrogens with two attached hydrogens (primary N) is 1. The van der Waals surface area contributed by atoms with E-state index in [0.29, 0.717) is 42.1 Å². The maximum atomic E-state index is 12.6. The van der Waals surface area contributed by atoms with Gasteiger partial charge in [-0.3, -0.25) is 4.79 Å². The Morgan fingerprint density at radius 3 is 2.77 bits per heavy atom. The molecular formula is C22H34N2O2. The van der Waals surface area contributed by atoms with Crippen LogP contribution in [0.15, 0.2) is 17.3 Å². The first kappa shape index (κ1) is 18.2. The zero-order valence-electron chi connectivity index (χ0n) is 16.4. The Morgan fingerprint density at radius 2 is 2.00 bits per heavy atom. The van der Waals surface area contributed by atoms with E-state index >= 15 is 0 Å². The lowest BCUT2D eigenvalue weighted by Gasteiger charge is -2.60. The van der Waals surface area contributed by atoms with Gasteiger partial charge in [-0.25, -0.2) is 0 Å². The molecule has 0 amide bonds. The van der Waals surface area contributed by atoms with Crippen LogP contribution in [0, 0.1) is 34.5 Å². The normalized spacial score (nSPS) is 46.7. The molecule has 4 rings (SSSR count). The third kappa shape index (κ3) is 2.59. The molecule has 0 aromatic rings. The average Bonchev–Trinajstić information content (AvgIpc) is 2.92. The summed E-state index contributed by atoms with van der Waals surface area (Å²) in [6, 6.07) is 0. The molecule has 0 aliphatic heterocycles. The minimum Gasteiger partial charge on any atom is -0.395 e. The van der Waals surface area contributed by atoms with Gasteiger partial charge in [-0.05, 0) is 74.0 Å². The van der Waals surface area contributed by atoms with Crippen molar-refractivity contribution in [1.29, 1.82) is 0 Å². The first-order valence-electron chi connectivity index (χ1n) is 10.5. The van der Waals surface area contributed by atoms with Gasteiger partial charge in [0.25, 0.3) is 0 Å². The number of oxime groups is 1. The third-order valence-electron chi connectivity index (χ3n) is 8.57. The lowest BCUT2D eigenvalue weighted by atomic mass is 9.44. The highest BCUT2D eigenvalue weighted by Gasteiger charge is 2.60. The Balaban J connectivity index is 1.57. The summed E-state index contributed by atoms with van der Waals surface area (Å²) in [6.07, 6.45) is 8.48. The predicted octanol–water partition coefficient (Wildman–Crippen LogP) is 4.10. The second-order valence-electron chi connectivity index (χ2n) is 9.70. The van der Waals surface area contributed by atoms with Gasteiger partial charge in [0, 0.05) is 18.4 Å². The molecule has 0 radical (unpaired) electrons. The Kier molecular flexibility index (Phi) is 4.53. The number of fused-ring (bicyclic) bond motifs is 5. The summed E-state index contributed by atoms with van der Waals surface area (Å²) in [5, 5.41) is 4.36. The van der Waals surface area contributed by atoms with Crippen LogP contribution in [0.3, 0.4) is 0 Å². The first-order valence-corrected chi connectivity index (χ1v) is 10.5. The van der Waals surface area contributed by atoms with Crippen LogP contribution in [0.5, 0.6) is 0 Å². The van der Waals surface area contributed by atoms with Crippen LogP contribution in [0.1, 0.15) is 65.2 Å². The fourth-order valence-electron chi connectivity index (χ4n) is 7.09. The van der Waals surface area contributed by atoms with Gasteiger partial charge in [-0.15, -0.1) is 0 Å². The summed E-state index contributed by atoms with van der Waals surface area (Å²) in [5.41, 5.74) is 8.32. The van der Waals surface area contributed by atoms with E-state index in [1.165, 1.54) is 24.1 Å². The molecule has 1 unspecified atom stereocenters. The molecule has 0 bridgehead atoms. The van der Waals surface area contributed by atoms with Crippen molar-refractivity contribution in [2.24, 2.45) is 45.4 Å². The predicted molar refractivity (Wildman–Crippen MR) is 104 cm³/mol. The standard InChI is InChI=1S/C22H34N2O2/c1-14-12-16-17-4-5-20(25)22(17,3)9-7-18(16)21(2)8-6-15(13-19(14)21)24-26-11-10-23/h16-19H,1,4-13,23H2,2-3H3/b24-15+/t16-,17-,18-,19?,21+,22-/m0/s1. The van der Waals surface area contributed by atoms with Crippen LogP contribution in [0.2, 0.25) is 0 Å². The van der Waals surface area contributed by atoms with Crippen molar-refractivity contribution in [2.45, 2.75) is 65.2 Å². The second kappa shape index (κ2) is 6.47. The minimum atomic E-state index is -0.0536. The molecule has 0 spiro atoms. The molecule has 4 aliphatic carbocycles. The van der Waals surface area contributed by atoms with Crippen molar-refractivity contribution >= 4 is 11.5 Å². The molecule has 4 nitrogen and oxygen atoms in total. The largest absolute Gasteiger partial charge is 0.395 e. The van der Waals surface area contributed by atoms with E-state index in [2.05, 4.69) is 25.6 Å². The molecule has 4 aliphatic rings. The Morgan fingerprint density at radius 1 is 1.19 bits per heavy atom. The zero-order valence-corrected chi connectivity index (χ0v) is 16.4. The maximum absolute atomic E-state index is 12.6. The van der Waals surface area contributed by atoms with Crippen molar-refractivity contribution in [1.82, 2.24) is 0 Å². The Bertz CT molecular complexity index is 642. The number of nitrogens with zero attached hydrogens (tertiary/aromatic N) is 1. The van der Waals surface area contributed by atoms with Crippen LogP contribution in [-0.4, -0.2) is 24.6 Å². The molecule has 0 aromatic carbocycles. The molecule has 6 atom stereocenters. The van der Waals surface area contributed by atoms with Crippen molar-refractivity contribution in [2.75, 3.05) is 13.2 Å². The number of ketones is 1. The summed E-state index contributed by atoms with van der Waals surface area (Å²) >= 11 is 0. The average molecular weight is 359 g/mol. The summed E-state index contributed by atoms with van der Waals surface area (Å²) < 4.78 is 0. The van der Waals surface area contributed by atoms with Crippen LogP contribution >= 0.6 is 0 Å². The SMILES string of the molecule is C=C1C[C@@H]2[C@H](CC[C@]3(C)C(=O)CC[C@@H]23)[C@@]2(C)CC/C(=N\OCCN)CC12. The number of carbonyl (C=O) groups excluding carboxylic acids is 1. The lowest BCUT2D eigenvalue weighted by molar-refractivity contribution is -0.134. The van der Waals surface area contributed by atoms with Crippen molar-refractivity contribution in [3.8, 4) is 0 Å². The van der Waals surface area contributed by atoms with E-state index in [9.17, 15) is 4.79 Å². The Hall–Kier alpha value is -1.16. The van der Waals surface area contributed by atoms with Gasteiger partial charge in [0.05, 0.1) is 5.71 Å². The van der Waals surface area contributed by atoms with Crippen molar-refractivity contribution in [3.63, 3.8) is 0 Å². The van der Waals surface area contributed by atoms with Gasteiger partial charge < -0.3 is 10.6 Å². The van der Waals surface area contributed by atoms with Gasteiger partial charge in [-0.1, -0.05) is 31.2 Å². The number of carbonyl (C=O) groups is 1. The lowest BCUT2D eigenvalue weighted by Crippen LogP contribution is -2.54. The number of hydrogen-bond donors (Lipinski definition) is 1. The molecule has 144 valence electrons. The van der Waals surface area contributed by atoms with Crippen molar-refractivity contribution in [3.05, 3.63) is 12.2 Å². The van der Waals surface area contributed by atoms with E-state index in [0.717, 1.165) is 44.4 Å². The fourth-order valence-corrected chi connectivity index (χ4v) is 7.09. The number of rotatable bonds is 3. The third-order valence-corrected chi connectivity index (χ3v) is 8.57. The monoisotopic (exact) mass is 358 g/mol. The summed E-state index contributed by atoms with van der Waals surface area (Å²) in [5.74, 6) is 2.99. The van der Waals surface area contributed by atoms with Crippen molar-refractivity contribution < 1.29 is 9.63 Å². The van der Waals surface area contributed by atoms with Gasteiger partial charge in [0.15, 0.2) is 0 Å². The smallest absolute Gasteiger partial charge is 0.139 e. The van der Waals surface area contributed by atoms with Gasteiger partial charge in [0.2, 0.25) is 0 Å². The molecule has 4 saturated carbocycles. The summed E-state index contributed by atoms with van der Waals surface area (Å²) in [6.45, 7) is 10.3. The van der Waals surface area contributed by atoms with Gasteiger partial charge >= 0.3 is 0 Å². The highest BCUT2D eigenvalue weighted by atomic mass is 16.6. The quantitative estimate of drug-likeness (QED) is 0.469. The van der Waals surface area contributed by atoms with Crippen LogP contribution in [-0.2, 0) is 9.63 Å². The van der Waals surface area contributed by atoms with E-state index in [1.807, 2.05) is 0 Å². The van der Waals surface area contributed by atoms with Crippen LogP contribution in [0.4, 0.5) is 0 Å². The van der Waals surface area contributed by atoms with Crippen LogP contribution in [0.25, 0.3) is 0 Å². The number of allylic oxidation sites excluding steroid dienone is 1. The molecule has 4 fully saturated rings. The molecule has 2 N–H and O–H groups in total.